The molecule has 2 heteroatoms. The lowest BCUT2D eigenvalue weighted by molar-refractivity contribution is 0.168. The fourth-order valence-corrected chi connectivity index (χ4v) is 2.28. The van der Waals surface area contributed by atoms with Crippen molar-refractivity contribution in [1.29, 1.82) is 0 Å². The second-order valence-electron chi connectivity index (χ2n) is 5.38. The van der Waals surface area contributed by atoms with Crippen LogP contribution in [0.4, 0.5) is 0 Å². The van der Waals surface area contributed by atoms with Gasteiger partial charge in [-0.05, 0) is 31.2 Å². The van der Waals surface area contributed by atoms with E-state index < -0.39 is 0 Å². The lowest BCUT2D eigenvalue weighted by Gasteiger charge is -2.27. The van der Waals surface area contributed by atoms with E-state index in [1.54, 1.807) is 0 Å². The van der Waals surface area contributed by atoms with Crippen molar-refractivity contribution in [3.05, 3.63) is 0 Å². The Kier molecular flexibility index (Phi) is 4.39. The Morgan fingerprint density at radius 3 is 2.43 bits per heavy atom. The first-order valence-corrected chi connectivity index (χ1v) is 5.92. The molecule has 0 saturated carbocycles. The van der Waals surface area contributed by atoms with E-state index in [1.165, 1.54) is 6.42 Å². The highest BCUT2D eigenvalue weighted by atomic mass is 16.3. The quantitative estimate of drug-likeness (QED) is 0.749. The van der Waals surface area contributed by atoms with Gasteiger partial charge < -0.3 is 5.11 Å². The fourth-order valence-electron chi connectivity index (χ4n) is 2.28. The van der Waals surface area contributed by atoms with Crippen molar-refractivity contribution in [2.24, 2.45) is 11.8 Å². The summed E-state index contributed by atoms with van der Waals surface area (Å²) in [6, 6.07) is 0.601. The van der Waals surface area contributed by atoms with Crippen LogP contribution in [0.15, 0.2) is 0 Å². The average Bonchev–Trinajstić information content (AvgIpc) is 2.43. The lowest BCUT2D eigenvalue weighted by atomic mass is 10.0. The third-order valence-electron chi connectivity index (χ3n) is 3.19. The first kappa shape index (κ1) is 12.0. The zero-order valence-electron chi connectivity index (χ0n) is 10.0. The first-order valence-electron chi connectivity index (χ1n) is 5.92. The summed E-state index contributed by atoms with van der Waals surface area (Å²) in [5.41, 5.74) is 0. The second-order valence-corrected chi connectivity index (χ2v) is 5.38. The van der Waals surface area contributed by atoms with Gasteiger partial charge in [0.05, 0.1) is 6.10 Å². The summed E-state index contributed by atoms with van der Waals surface area (Å²) in [4.78, 5) is 2.47. The number of β-amino-alcohol motifs (C(OH)–C–C–N with tert-alkyl or cyclic N) is 1. The molecule has 0 amide bonds. The highest BCUT2D eigenvalue weighted by Crippen LogP contribution is 2.24. The molecule has 84 valence electrons. The van der Waals surface area contributed by atoms with Crippen LogP contribution in [0.5, 0.6) is 0 Å². The van der Waals surface area contributed by atoms with Crippen LogP contribution >= 0.6 is 0 Å². The largest absolute Gasteiger partial charge is 0.392 e. The van der Waals surface area contributed by atoms with Crippen molar-refractivity contribution in [3.8, 4) is 0 Å². The third-order valence-corrected chi connectivity index (χ3v) is 3.19. The Morgan fingerprint density at radius 1 is 1.29 bits per heavy atom. The minimum Gasteiger partial charge on any atom is -0.392 e. The molecule has 0 aromatic rings. The van der Waals surface area contributed by atoms with Crippen molar-refractivity contribution in [3.63, 3.8) is 0 Å². The standard InChI is InChI=1S/C12H25NO/c1-9(2)5-6-13-8-11(14)7-12(13)10(3)4/h9-12,14H,5-8H2,1-4H3/t11-,12+/m0/s1. The molecular formula is C12H25NO. The average molecular weight is 199 g/mol. The molecule has 1 heterocycles. The minimum atomic E-state index is -0.0884. The van der Waals surface area contributed by atoms with Crippen molar-refractivity contribution in [1.82, 2.24) is 4.90 Å². The van der Waals surface area contributed by atoms with Gasteiger partial charge in [-0.15, -0.1) is 0 Å². The predicted octanol–water partition coefficient (Wildman–Crippen LogP) is 2.12. The molecule has 0 spiro atoms. The van der Waals surface area contributed by atoms with Gasteiger partial charge in [0.1, 0.15) is 0 Å². The van der Waals surface area contributed by atoms with Gasteiger partial charge in [0, 0.05) is 12.6 Å². The molecule has 14 heavy (non-hydrogen) atoms. The van der Waals surface area contributed by atoms with Crippen LogP contribution in [0.3, 0.4) is 0 Å². The number of hydrogen-bond acceptors (Lipinski definition) is 2. The number of nitrogens with zero attached hydrogens (tertiary/aromatic N) is 1. The monoisotopic (exact) mass is 199 g/mol. The Bertz CT molecular complexity index is 168. The number of aliphatic hydroxyl groups excluding tert-OH is 1. The van der Waals surface area contributed by atoms with Gasteiger partial charge in [0.15, 0.2) is 0 Å². The molecule has 0 aromatic carbocycles. The molecule has 1 saturated heterocycles. The molecular weight excluding hydrogens is 174 g/mol. The zero-order valence-corrected chi connectivity index (χ0v) is 10.0. The van der Waals surface area contributed by atoms with E-state index in [1.807, 2.05) is 0 Å². The summed E-state index contributed by atoms with van der Waals surface area (Å²) < 4.78 is 0. The van der Waals surface area contributed by atoms with Gasteiger partial charge in [-0.1, -0.05) is 27.7 Å². The maximum atomic E-state index is 9.64. The van der Waals surface area contributed by atoms with E-state index in [9.17, 15) is 5.11 Å². The maximum Gasteiger partial charge on any atom is 0.0682 e. The lowest BCUT2D eigenvalue weighted by Crippen LogP contribution is -2.34. The molecule has 2 atom stereocenters. The molecule has 1 rings (SSSR count). The minimum absolute atomic E-state index is 0.0884. The number of aliphatic hydroxyl groups is 1. The van der Waals surface area contributed by atoms with E-state index in [0.717, 1.165) is 25.4 Å². The highest BCUT2D eigenvalue weighted by molar-refractivity contribution is 4.86. The molecule has 1 N–H and O–H groups in total. The zero-order chi connectivity index (χ0) is 10.7. The van der Waals surface area contributed by atoms with E-state index in [-0.39, 0.29) is 6.10 Å². The second kappa shape index (κ2) is 5.13. The number of rotatable bonds is 4. The van der Waals surface area contributed by atoms with E-state index in [0.29, 0.717) is 12.0 Å². The Morgan fingerprint density at radius 2 is 1.93 bits per heavy atom. The van der Waals surface area contributed by atoms with Gasteiger partial charge in [0.25, 0.3) is 0 Å². The van der Waals surface area contributed by atoms with Crippen molar-refractivity contribution >= 4 is 0 Å². The van der Waals surface area contributed by atoms with Gasteiger partial charge in [-0.3, -0.25) is 4.90 Å². The van der Waals surface area contributed by atoms with Gasteiger partial charge in [-0.25, -0.2) is 0 Å². The summed E-state index contributed by atoms with van der Waals surface area (Å²) in [6.07, 6.45) is 2.13. The molecule has 0 aromatic heterocycles. The highest BCUT2D eigenvalue weighted by Gasteiger charge is 2.32. The number of likely N-dealkylation sites (tertiary alicyclic amines) is 1. The summed E-state index contributed by atoms with van der Waals surface area (Å²) in [5, 5.41) is 9.64. The van der Waals surface area contributed by atoms with Gasteiger partial charge in [-0.2, -0.15) is 0 Å². The van der Waals surface area contributed by atoms with Crippen molar-refractivity contribution in [2.45, 2.75) is 52.7 Å². The molecule has 1 aliphatic rings. The van der Waals surface area contributed by atoms with Crippen molar-refractivity contribution < 1.29 is 5.11 Å². The van der Waals surface area contributed by atoms with Gasteiger partial charge >= 0.3 is 0 Å². The SMILES string of the molecule is CC(C)CCN1C[C@@H](O)C[C@@H]1C(C)C. The topological polar surface area (TPSA) is 23.5 Å². The van der Waals surface area contributed by atoms with Crippen molar-refractivity contribution in [2.75, 3.05) is 13.1 Å². The third kappa shape index (κ3) is 3.25. The van der Waals surface area contributed by atoms with Crippen LogP contribution in [0.1, 0.15) is 40.5 Å². The molecule has 0 aliphatic carbocycles. The maximum absolute atomic E-state index is 9.64. The Balaban J connectivity index is 2.41. The molecule has 2 nitrogen and oxygen atoms in total. The van der Waals surface area contributed by atoms with E-state index >= 15 is 0 Å². The summed E-state index contributed by atoms with van der Waals surface area (Å²) in [7, 11) is 0. The predicted molar refractivity (Wildman–Crippen MR) is 60.3 cm³/mol. The van der Waals surface area contributed by atoms with Gasteiger partial charge in [0.2, 0.25) is 0 Å². The van der Waals surface area contributed by atoms with Crippen LogP contribution in [0, 0.1) is 11.8 Å². The van der Waals surface area contributed by atoms with Crippen LogP contribution in [-0.4, -0.2) is 35.2 Å². The van der Waals surface area contributed by atoms with Crippen LogP contribution < -0.4 is 0 Å². The summed E-state index contributed by atoms with van der Waals surface area (Å²) in [5.74, 6) is 1.43. The normalized spacial score (nSPS) is 29.4. The van der Waals surface area contributed by atoms with Crippen LogP contribution in [0.2, 0.25) is 0 Å². The fraction of sp³-hybridized carbons (Fsp3) is 1.00. The molecule has 0 unspecified atom stereocenters. The van der Waals surface area contributed by atoms with E-state index in [4.69, 9.17) is 0 Å². The smallest absolute Gasteiger partial charge is 0.0682 e. The summed E-state index contributed by atoms with van der Waals surface area (Å²) in [6.45, 7) is 11.1. The van der Waals surface area contributed by atoms with E-state index in [2.05, 4.69) is 32.6 Å². The molecule has 1 aliphatic heterocycles. The van der Waals surface area contributed by atoms with Crippen LogP contribution in [0.25, 0.3) is 0 Å². The molecule has 0 bridgehead atoms. The molecule has 1 fully saturated rings. The Hall–Kier alpha value is -0.0800. The number of hydrogen-bond donors (Lipinski definition) is 1. The van der Waals surface area contributed by atoms with Crippen LogP contribution in [-0.2, 0) is 0 Å². The first-order chi connectivity index (χ1) is 6.50. The summed E-state index contributed by atoms with van der Waals surface area (Å²) >= 11 is 0. The Labute approximate surface area is 88.3 Å². The molecule has 0 radical (unpaired) electrons.